The van der Waals surface area contributed by atoms with Crippen LogP contribution in [0.4, 0.5) is 0 Å². The molecule has 0 unspecified atom stereocenters. The first-order valence-corrected chi connectivity index (χ1v) is 18.8. The van der Waals surface area contributed by atoms with Crippen molar-refractivity contribution in [1.29, 1.82) is 0 Å². The van der Waals surface area contributed by atoms with Crippen molar-refractivity contribution in [3.8, 4) is 79.2 Å². The van der Waals surface area contributed by atoms with E-state index in [2.05, 4.69) is 121 Å². The van der Waals surface area contributed by atoms with E-state index in [0.717, 1.165) is 61.7 Å². The number of nitrogens with zero attached hydrogens (tertiary/aromatic N) is 4. The summed E-state index contributed by atoms with van der Waals surface area (Å²) in [6, 6.07) is 65.2. The van der Waals surface area contributed by atoms with Gasteiger partial charge in [-0.15, -0.1) is 0 Å². The van der Waals surface area contributed by atoms with Crippen LogP contribution >= 0.6 is 0 Å². The van der Waals surface area contributed by atoms with Crippen molar-refractivity contribution in [2.45, 2.75) is 5.41 Å². The van der Waals surface area contributed by atoms with Crippen LogP contribution in [0.3, 0.4) is 0 Å². The van der Waals surface area contributed by atoms with Crippen LogP contribution in [0.5, 0.6) is 11.5 Å². The smallest absolute Gasteiger partial charge is 0.164 e. The lowest BCUT2D eigenvalue weighted by Crippen LogP contribution is -2.32. The Morgan fingerprint density at radius 1 is 0.339 bits per heavy atom. The summed E-state index contributed by atoms with van der Waals surface area (Å²) >= 11 is 0. The summed E-state index contributed by atoms with van der Waals surface area (Å²) in [6.45, 7) is 0. The molecule has 262 valence electrons. The molecule has 56 heavy (non-hydrogen) atoms. The maximum atomic E-state index is 6.87. The van der Waals surface area contributed by atoms with Crippen molar-refractivity contribution >= 4 is 0 Å². The van der Waals surface area contributed by atoms with Crippen molar-refractivity contribution in [1.82, 2.24) is 19.9 Å². The van der Waals surface area contributed by atoms with Gasteiger partial charge in [-0.25, -0.2) is 15.0 Å². The zero-order valence-electron chi connectivity index (χ0n) is 30.2. The summed E-state index contributed by atoms with van der Waals surface area (Å²) < 4.78 is 6.87. The molecule has 7 aromatic carbocycles. The maximum Gasteiger partial charge on any atom is 0.164 e. The minimum Gasteiger partial charge on any atom is -0.457 e. The lowest BCUT2D eigenvalue weighted by molar-refractivity contribution is 0.436. The van der Waals surface area contributed by atoms with Crippen LogP contribution < -0.4 is 4.74 Å². The van der Waals surface area contributed by atoms with Crippen molar-refractivity contribution < 1.29 is 4.74 Å². The van der Waals surface area contributed by atoms with Gasteiger partial charge in [0.05, 0.1) is 11.1 Å². The Balaban J connectivity index is 1.13. The average molecular weight is 717 g/mol. The summed E-state index contributed by atoms with van der Waals surface area (Å²) in [5, 5.41) is 0. The largest absolute Gasteiger partial charge is 0.457 e. The van der Waals surface area contributed by atoms with Gasteiger partial charge in [-0.3, -0.25) is 4.98 Å². The lowest BCUT2D eigenvalue weighted by atomic mass is 9.65. The summed E-state index contributed by atoms with van der Waals surface area (Å²) in [5.74, 6) is 3.45. The highest BCUT2D eigenvalue weighted by Crippen LogP contribution is 2.62. The summed E-state index contributed by atoms with van der Waals surface area (Å²) in [7, 11) is 0. The van der Waals surface area contributed by atoms with E-state index in [-0.39, 0.29) is 0 Å². The summed E-state index contributed by atoms with van der Waals surface area (Å²) in [6.07, 6.45) is 1.96. The van der Waals surface area contributed by atoms with Gasteiger partial charge in [0.1, 0.15) is 11.5 Å². The topological polar surface area (TPSA) is 60.8 Å². The molecule has 1 aliphatic heterocycles. The van der Waals surface area contributed by atoms with E-state index in [9.17, 15) is 0 Å². The monoisotopic (exact) mass is 716 g/mol. The number of ether oxygens (including phenoxy) is 1. The zero-order valence-corrected chi connectivity index (χ0v) is 30.2. The number of hydrogen-bond acceptors (Lipinski definition) is 5. The van der Waals surface area contributed by atoms with Crippen molar-refractivity contribution in [3.05, 3.63) is 217 Å². The molecule has 11 rings (SSSR count). The van der Waals surface area contributed by atoms with Crippen LogP contribution in [0.1, 0.15) is 22.3 Å². The second-order valence-corrected chi connectivity index (χ2v) is 14.2. The van der Waals surface area contributed by atoms with Crippen molar-refractivity contribution in [2.75, 3.05) is 0 Å². The molecule has 9 aromatic rings. The zero-order chi connectivity index (χ0) is 37.1. The number of rotatable bonds is 5. The molecule has 5 nitrogen and oxygen atoms in total. The molecule has 0 atom stereocenters. The molecule has 5 heteroatoms. The standard InChI is InChI=1S/C51H32N4O/c1-4-14-33(15-5-1)38-24-27-45(52-32-38)36-25-28-46-43(30-36)51(41-22-12-10-20-39(41)40-21-11-13-23-42(40)51)44-31-37(26-29-47(44)56-46)50-54-48(34-16-6-2-7-17-34)53-49(55-50)35-18-8-3-9-19-35/h1-32H. The molecular weight excluding hydrogens is 685 g/mol. The highest BCUT2D eigenvalue weighted by Gasteiger charge is 2.51. The molecule has 0 bridgehead atoms. The number of hydrogen-bond donors (Lipinski definition) is 0. The van der Waals surface area contributed by atoms with Gasteiger partial charge in [-0.2, -0.15) is 0 Å². The Labute approximate surface area is 324 Å². The van der Waals surface area contributed by atoms with E-state index >= 15 is 0 Å². The van der Waals surface area contributed by atoms with Crippen molar-refractivity contribution in [2.24, 2.45) is 0 Å². The molecular formula is C51H32N4O. The van der Waals surface area contributed by atoms with E-state index in [1.54, 1.807) is 0 Å². The Morgan fingerprint density at radius 3 is 1.32 bits per heavy atom. The summed E-state index contributed by atoms with van der Waals surface area (Å²) in [4.78, 5) is 20.1. The van der Waals surface area contributed by atoms with Crippen LogP contribution in [-0.4, -0.2) is 19.9 Å². The Hall–Kier alpha value is -7.50. The van der Waals surface area contributed by atoms with Gasteiger partial charge in [0.25, 0.3) is 0 Å². The van der Waals surface area contributed by atoms with Gasteiger partial charge in [0, 0.05) is 45.1 Å². The van der Waals surface area contributed by atoms with Crippen LogP contribution in [0.2, 0.25) is 0 Å². The summed E-state index contributed by atoms with van der Waals surface area (Å²) in [5.41, 5.74) is 13.1. The molecule has 0 N–H and O–H groups in total. The molecule has 0 saturated carbocycles. The molecule has 0 saturated heterocycles. The average Bonchev–Trinajstić information content (AvgIpc) is 3.58. The SMILES string of the molecule is c1ccc(-c2ccc(-c3ccc4c(c3)C3(c5cc(-c6nc(-c7ccccc7)nc(-c7ccccc7)n6)ccc5O4)c4ccccc4-c4ccccc43)nc2)cc1. The molecule has 2 aromatic heterocycles. The van der Waals surface area contributed by atoms with Gasteiger partial charge in [0.2, 0.25) is 0 Å². The Morgan fingerprint density at radius 2 is 0.786 bits per heavy atom. The first-order chi connectivity index (χ1) is 27.7. The second-order valence-electron chi connectivity index (χ2n) is 14.2. The van der Waals surface area contributed by atoms with E-state index in [4.69, 9.17) is 24.7 Å². The van der Waals surface area contributed by atoms with E-state index in [1.165, 1.54) is 22.3 Å². The van der Waals surface area contributed by atoms with Gasteiger partial charge in [-0.1, -0.05) is 146 Å². The third-order valence-electron chi connectivity index (χ3n) is 11.1. The number of fused-ring (bicyclic) bond motifs is 9. The molecule has 0 amide bonds. The lowest BCUT2D eigenvalue weighted by Gasteiger charge is -2.39. The normalized spacial score (nSPS) is 12.9. The maximum absolute atomic E-state index is 6.87. The third kappa shape index (κ3) is 5.02. The molecule has 1 spiro atoms. The van der Waals surface area contributed by atoms with E-state index in [1.807, 2.05) is 72.9 Å². The van der Waals surface area contributed by atoms with Gasteiger partial charge in [-0.05, 0) is 70.3 Å². The van der Waals surface area contributed by atoms with Crippen LogP contribution in [0, 0.1) is 0 Å². The van der Waals surface area contributed by atoms with Gasteiger partial charge in [0.15, 0.2) is 17.5 Å². The highest BCUT2D eigenvalue weighted by molar-refractivity contribution is 5.89. The molecule has 2 aliphatic rings. The number of pyridine rings is 1. The molecule has 0 radical (unpaired) electrons. The van der Waals surface area contributed by atoms with Gasteiger partial charge >= 0.3 is 0 Å². The second kappa shape index (κ2) is 12.8. The molecule has 1 aliphatic carbocycles. The number of benzene rings is 7. The molecule has 3 heterocycles. The Kier molecular flexibility index (Phi) is 7.32. The number of aromatic nitrogens is 4. The van der Waals surface area contributed by atoms with Crippen LogP contribution in [0.15, 0.2) is 194 Å². The highest BCUT2D eigenvalue weighted by atomic mass is 16.5. The first-order valence-electron chi connectivity index (χ1n) is 18.8. The predicted molar refractivity (Wildman–Crippen MR) is 222 cm³/mol. The minimum atomic E-state index is -0.691. The quantitative estimate of drug-likeness (QED) is 0.177. The van der Waals surface area contributed by atoms with Crippen LogP contribution in [0.25, 0.3) is 67.7 Å². The molecule has 0 fully saturated rings. The minimum absolute atomic E-state index is 0.595. The first kappa shape index (κ1) is 32.0. The predicted octanol–water partition coefficient (Wildman–Crippen LogP) is 12.1. The van der Waals surface area contributed by atoms with Crippen molar-refractivity contribution in [3.63, 3.8) is 0 Å². The van der Waals surface area contributed by atoms with Gasteiger partial charge < -0.3 is 4.74 Å². The van der Waals surface area contributed by atoms with E-state index in [0.29, 0.717) is 17.5 Å². The Bertz CT molecular complexity index is 2830. The fourth-order valence-corrected chi connectivity index (χ4v) is 8.51. The third-order valence-corrected chi connectivity index (χ3v) is 11.1. The van der Waals surface area contributed by atoms with E-state index < -0.39 is 5.41 Å². The van der Waals surface area contributed by atoms with Crippen LogP contribution in [-0.2, 0) is 5.41 Å². The fraction of sp³-hybridized carbons (Fsp3) is 0.0196. The fourth-order valence-electron chi connectivity index (χ4n) is 8.51.